The third-order valence-electron chi connectivity index (χ3n) is 5.31. The second-order valence-corrected chi connectivity index (χ2v) is 10.8. The SMILES string of the molecule is CN(Cc1ccc(C(C)(C)C)cc1)C(=O)/C=C/c1ccc(N2CCCS2(=O)=O)cc1. The van der Waals surface area contributed by atoms with Crippen LogP contribution in [0.2, 0.25) is 0 Å². The van der Waals surface area contributed by atoms with Crippen molar-refractivity contribution < 1.29 is 13.2 Å². The zero-order valence-electron chi connectivity index (χ0n) is 18.1. The Labute approximate surface area is 180 Å². The number of hydrogen-bond acceptors (Lipinski definition) is 3. The lowest BCUT2D eigenvalue weighted by Crippen LogP contribution is -2.24. The predicted molar refractivity (Wildman–Crippen MR) is 123 cm³/mol. The van der Waals surface area contributed by atoms with Crippen molar-refractivity contribution in [1.82, 2.24) is 4.90 Å². The fourth-order valence-corrected chi connectivity index (χ4v) is 5.00. The monoisotopic (exact) mass is 426 g/mol. The summed E-state index contributed by atoms with van der Waals surface area (Å²) in [6.45, 7) is 7.61. The maximum atomic E-state index is 12.5. The minimum atomic E-state index is -3.18. The molecular formula is C24H30N2O3S. The summed E-state index contributed by atoms with van der Waals surface area (Å²) in [7, 11) is -1.39. The Kier molecular flexibility index (Phi) is 6.36. The van der Waals surface area contributed by atoms with Gasteiger partial charge < -0.3 is 4.90 Å². The van der Waals surface area contributed by atoms with Gasteiger partial charge in [-0.05, 0) is 46.7 Å². The van der Waals surface area contributed by atoms with Gasteiger partial charge in [0.2, 0.25) is 15.9 Å². The minimum Gasteiger partial charge on any atom is -0.338 e. The maximum Gasteiger partial charge on any atom is 0.246 e. The number of amides is 1. The van der Waals surface area contributed by atoms with Crippen molar-refractivity contribution in [1.29, 1.82) is 0 Å². The molecule has 2 aromatic rings. The smallest absolute Gasteiger partial charge is 0.246 e. The van der Waals surface area contributed by atoms with Crippen molar-refractivity contribution in [3.05, 3.63) is 71.3 Å². The van der Waals surface area contributed by atoms with Crippen LogP contribution in [0.5, 0.6) is 0 Å². The Morgan fingerprint density at radius 1 is 1.07 bits per heavy atom. The number of rotatable bonds is 5. The Morgan fingerprint density at radius 3 is 2.23 bits per heavy atom. The lowest BCUT2D eigenvalue weighted by atomic mass is 9.87. The Morgan fingerprint density at radius 2 is 1.70 bits per heavy atom. The second-order valence-electron chi connectivity index (χ2n) is 8.81. The van der Waals surface area contributed by atoms with E-state index >= 15 is 0 Å². The van der Waals surface area contributed by atoms with E-state index in [1.807, 2.05) is 12.1 Å². The molecule has 160 valence electrons. The minimum absolute atomic E-state index is 0.0823. The van der Waals surface area contributed by atoms with E-state index in [2.05, 4.69) is 45.0 Å². The van der Waals surface area contributed by atoms with Crippen LogP contribution in [0.3, 0.4) is 0 Å². The molecule has 1 fully saturated rings. The number of benzene rings is 2. The summed E-state index contributed by atoms with van der Waals surface area (Å²) in [6.07, 6.45) is 3.96. The van der Waals surface area contributed by atoms with Crippen molar-refractivity contribution in [3.8, 4) is 0 Å². The van der Waals surface area contributed by atoms with Crippen LogP contribution in [0.1, 0.15) is 43.9 Å². The first-order valence-corrected chi connectivity index (χ1v) is 11.8. The van der Waals surface area contributed by atoms with Crippen LogP contribution < -0.4 is 4.31 Å². The van der Waals surface area contributed by atoms with Gasteiger partial charge in [0.05, 0.1) is 11.4 Å². The normalized spacial score (nSPS) is 16.2. The third-order valence-corrected chi connectivity index (χ3v) is 7.18. The topological polar surface area (TPSA) is 57.7 Å². The van der Waals surface area contributed by atoms with E-state index in [1.54, 1.807) is 36.2 Å². The van der Waals surface area contributed by atoms with E-state index in [0.717, 1.165) is 11.1 Å². The molecule has 1 aliphatic rings. The molecule has 6 heteroatoms. The fourth-order valence-electron chi connectivity index (χ4n) is 3.44. The zero-order chi connectivity index (χ0) is 21.9. The Hall–Kier alpha value is -2.60. The molecule has 0 saturated carbocycles. The highest BCUT2D eigenvalue weighted by molar-refractivity contribution is 7.93. The summed E-state index contributed by atoms with van der Waals surface area (Å²) in [6, 6.07) is 15.6. The number of nitrogens with zero attached hydrogens (tertiary/aromatic N) is 2. The fraction of sp³-hybridized carbons (Fsp3) is 0.375. The quantitative estimate of drug-likeness (QED) is 0.674. The van der Waals surface area contributed by atoms with Gasteiger partial charge in [-0.15, -0.1) is 0 Å². The van der Waals surface area contributed by atoms with Crippen LogP contribution in [0.25, 0.3) is 6.08 Å². The van der Waals surface area contributed by atoms with Crippen molar-refractivity contribution in [3.63, 3.8) is 0 Å². The summed E-state index contributed by atoms with van der Waals surface area (Å²) < 4.78 is 25.5. The molecule has 3 rings (SSSR count). The average Bonchev–Trinajstić information content (AvgIpc) is 3.05. The lowest BCUT2D eigenvalue weighted by Gasteiger charge is -2.20. The molecule has 0 N–H and O–H groups in total. The zero-order valence-corrected chi connectivity index (χ0v) is 18.9. The van der Waals surface area contributed by atoms with E-state index < -0.39 is 10.0 Å². The molecule has 0 aromatic heterocycles. The number of carbonyl (C=O) groups is 1. The van der Waals surface area contributed by atoms with Gasteiger partial charge in [0, 0.05) is 26.2 Å². The van der Waals surface area contributed by atoms with Gasteiger partial charge in [-0.3, -0.25) is 9.10 Å². The molecule has 1 heterocycles. The first-order chi connectivity index (χ1) is 14.1. The van der Waals surface area contributed by atoms with Crippen LogP contribution in [-0.2, 0) is 26.8 Å². The van der Waals surface area contributed by atoms with Gasteiger partial charge in [-0.2, -0.15) is 0 Å². The second kappa shape index (κ2) is 8.64. The van der Waals surface area contributed by atoms with Crippen molar-refractivity contribution in [2.45, 2.75) is 39.2 Å². The van der Waals surface area contributed by atoms with Gasteiger partial charge >= 0.3 is 0 Å². The summed E-state index contributed by atoms with van der Waals surface area (Å²) in [5.41, 5.74) is 3.99. The molecule has 1 saturated heterocycles. The van der Waals surface area contributed by atoms with Gasteiger partial charge in [-0.1, -0.05) is 57.2 Å². The number of hydrogen-bond donors (Lipinski definition) is 0. The van der Waals surface area contributed by atoms with Gasteiger partial charge in [0.25, 0.3) is 0 Å². The van der Waals surface area contributed by atoms with E-state index in [0.29, 0.717) is 25.2 Å². The predicted octanol–water partition coefficient (Wildman–Crippen LogP) is 4.20. The highest BCUT2D eigenvalue weighted by Crippen LogP contribution is 2.25. The molecule has 2 aromatic carbocycles. The first-order valence-electron chi connectivity index (χ1n) is 10.2. The van der Waals surface area contributed by atoms with E-state index in [-0.39, 0.29) is 17.1 Å². The van der Waals surface area contributed by atoms with Gasteiger partial charge in [0.1, 0.15) is 0 Å². The van der Waals surface area contributed by atoms with Crippen LogP contribution >= 0.6 is 0 Å². The molecule has 0 aliphatic carbocycles. The van der Waals surface area contributed by atoms with E-state index in [4.69, 9.17) is 0 Å². The number of sulfonamides is 1. The molecular weight excluding hydrogens is 396 g/mol. The molecule has 0 spiro atoms. The summed E-state index contributed by atoms with van der Waals surface area (Å²) in [4.78, 5) is 14.1. The highest BCUT2D eigenvalue weighted by Gasteiger charge is 2.28. The Balaban J connectivity index is 1.59. The highest BCUT2D eigenvalue weighted by atomic mass is 32.2. The van der Waals surface area contributed by atoms with Gasteiger partial charge in [-0.25, -0.2) is 8.42 Å². The molecule has 5 nitrogen and oxygen atoms in total. The Bertz CT molecular complexity index is 1020. The maximum absolute atomic E-state index is 12.5. The molecule has 0 bridgehead atoms. The average molecular weight is 427 g/mol. The largest absolute Gasteiger partial charge is 0.338 e. The first kappa shape index (κ1) is 22.1. The summed E-state index contributed by atoms with van der Waals surface area (Å²) in [5, 5.41) is 0. The molecule has 30 heavy (non-hydrogen) atoms. The van der Waals surface area contributed by atoms with Crippen LogP contribution in [0.4, 0.5) is 5.69 Å². The van der Waals surface area contributed by atoms with E-state index in [1.165, 1.54) is 9.87 Å². The summed E-state index contributed by atoms with van der Waals surface area (Å²) in [5.74, 6) is 0.120. The third kappa shape index (κ3) is 5.30. The van der Waals surface area contributed by atoms with Crippen LogP contribution in [0.15, 0.2) is 54.6 Å². The molecule has 0 unspecified atom stereocenters. The van der Waals surface area contributed by atoms with Crippen LogP contribution in [0, 0.1) is 0 Å². The molecule has 1 aliphatic heterocycles. The lowest BCUT2D eigenvalue weighted by molar-refractivity contribution is -0.125. The standard InChI is InChI=1S/C24H30N2O3S/c1-24(2,3)21-11-6-20(7-12-21)18-25(4)23(27)15-10-19-8-13-22(14-9-19)26-16-5-17-30(26,28)29/h6-15H,5,16-18H2,1-4H3/b15-10+. The number of likely N-dealkylation sites (N-methyl/N-ethyl adjacent to an activating group) is 1. The van der Waals surface area contributed by atoms with Crippen molar-refractivity contribution in [2.24, 2.45) is 0 Å². The molecule has 1 amide bonds. The summed E-state index contributed by atoms with van der Waals surface area (Å²) >= 11 is 0. The number of anilines is 1. The van der Waals surface area contributed by atoms with Crippen molar-refractivity contribution >= 4 is 27.7 Å². The van der Waals surface area contributed by atoms with Gasteiger partial charge in [0.15, 0.2) is 0 Å². The molecule has 0 atom stereocenters. The van der Waals surface area contributed by atoms with E-state index in [9.17, 15) is 13.2 Å². The van der Waals surface area contributed by atoms with Crippen LogP contribution in [-0.4, -0.2) is 38.6 Å². The van der Waals surface area contributed by atoms with Crippen molar-refractivity contribution in [2.75, 3.05) is 23.7 Å². The number of carbonyl (C=O) groups excluding carboxylic acids is 1. The molecule has 0 radical (unpaired) electrons.